The third-order valence-corrected chi connectivity index (χ3v) is 5.49. The molecule has 28 heavy (non-hydrogen) atoms. The van der Waals surface area contributed by atoms with E-state index in [1.165, 1.54) is 11.1 Å². The van der Waals surface area contributed by atoms with Crippen LogP contribution >= 0.6 is 0 Å². The molecule has 0 radical (unpaired) electrons. The van der Waals surface area contributed by atoms with Crippen molar-refractivity contribution in [2.45, 2.75) is 47.3 Å². The van der Waals surface area contributed by atoms with Gasteiger partial charge in [0.25, 0.3) is 5.56 Å². The van der Waals surface area contributed by atoms with Gasteiger partial charge in [0.05, 0.1) is 26.1 Å². The Kier molecular flexibility index (Phi) is 4.81. The van der Waals surface area contributed by atoms with E-state index < -0.39 is 0 Å². The smallest absolute Gasteiger partial charge is 0.259 e. The summed E-state index contributed by atoms with van der Waals surface area (Å²) < 4.78 is 7.32. The number of aromatic nitrogens is 2. The molecule has 0 N–H and O–H groups in total. The lowest BCUT2D eigenvalue weighted by Gasteiger charge is -2.38. The van der Waals surface area contributed by atoms with E-state index in [2.05, 4.69) is 41.8 Å². The minimum absolute atomic E-state index is 0.0444. The number of rotatable bonds is 4. The summed E-state index contributed by atoms with van der Waals surface area (Å²) in [6, 6.07) is 10.2. The average molecular weight is 378 g/mol. The second kappa shape index (κ2) is 7.28. The number of aryl methyl sites for hydroxylation is 3. The molecule has 0 unspecified atom stereocenters. The number of benzene rings is 1. The van der Waals surface area contributed by atoms with Crippen LogP contribution in [0.2, 0.25) is 0 Å². The Morgan fingerprint density at radius 1 is 1.11 bits per heavy atom. The maximum atomic E-state index is 13.2. The molecular weight excluding hydrogens is 352 g/mol. The van der Waals surface area contributed by atoms with Crippen LogP contribution in [-0.2, 0) is 19.6 Å². The van der Waals surface area contributed by atoms with Gasteiger partial charge in [-0.3, -0.25) is 19.2 Å². The number of nitrogens with zero attached hydrogens (tertiary/aromatic N) is 4. The van der Waals surface area contributed by atoms with Gasteiger partial charge in [-0.1, -0.05) is 13.0 Å². The SMILES string of the molecule is CCc1c(C)nc2n(c1=O)CN(Cc1ccco1)CN2c1ccc(C)c(C)c1. The summed E-state index contributed by atoms with van der Waals surface area (Å²) in [6.07, 6.45) is 2.36. The van der Waals surface area contributed by atoms with Crippen LogP contribution in [0.3, 0.4) is 0 Å². The second-order valence-corrected chi connectivity index (χ2v) is 7.45. The normalized spacial score (nSPS) is 14.4. The molecule has 0 fully saturated rings. The van der Waals surface area contributed by atoms with Crippen molar-refractivity contribution < 1.29 is 4.42 Å². The van der Waals surface area contributed by atoms with Crippen LogP contribution in [0.25, 0.3) is 0 Å². The largest absolute Gasteiger partial charge is 0.468 e. The highest BCUT2D eigenvalue weighted by molar-refractivity contribution is 5.60. The number of fused-ring (bicyclic) bond motifs is 1. The van der Waals surface area contributed by atoms with E-state index in [9.17, 15) is 4.79 Å². The number of hydrogen-bond donors (Lipinski definition) is 0. The molecule has 0 amide bonds. The van der Waals surface area contributed by atoms with Gasteiger partial charge < -0.3 is 4.42 Å². The van der Waals surface area contributed by atoms with Crippen molar-refractivity contribution in [2.24, 2.45) is 0 Å². The van der Waals surface area contributed by atoms with Crippen molar-refractivity contribution in [3.05, 3.63) is 75.1 Å². The fourth-order valence-corrected chi connectivity index (χ4v) is 3.75. The van der Waals surface area contributed by atoms with Crippen LogP contribution < -0.4 is 10.5 Å². The zero-order valence-corrected chi connectivity index (χ0v) is 16.9. The zero-order chi connectivity index (χ0) is 19.8. The maximum Gasteiger partial charge on any atom is 0.259 e. The molecule has 0 bridgehead atoms. The van der Waals surface area contributed by atoms with Gasteiger partial charge in [0.1, 0.15) is 5.76 Å². The van der Waals surface area contributed by atoms with E-state index in [4.69, 9.17) is 9.40 Å². The molecule has 0 atom stereocenters. The van der Waals surface area contributed by atoms with Gasteiger partial charge >= 0.3 is 0 Å². The highest BCUT2D eigenvalue weighted by Crippen LogP contribution is 2.29. The van der Waals surface area contributed by atoms with Crippen molar-refractivity contribution >= 4 is 11.6 Å². The molecular formula is C22H26N4O2. The first kappa shape index (κ1) is 18.5. The van der Waals surface area contributed by atoms with Gasteiger partial charge in [-0.15, -0.1) is 0 Å². The van der Waals surface area contributed by atoms with Crippen molar-refractivity contribution in [1.82, 2.24) is 14.5 Å². The first-order valence-electron chi connectivity index (χ1n) is 9.67. The first-order valence-corrected chi connectivity index (χ1v) is 9.67. The van der Waals surface area contributed by atoms with E-state index in [1.54, 1.807) is 10.8 Å². The van der Waals surface area contributed by atoms with E-state index >= 15 is 0 Å². The van der Waals surface area contributed by atoms with E-state index in [-0.39, 0.29) is 5.56 Å². The van der Waals surface area contributed by atoms with E-state index in [0.29, 0.717) is 32.3 Å². The van der Waals surface area contributed by atoms with Crippen LogP contribution in [0.5, 0.6) is 0 Å². The lowest BCUT2D eigenvalue weighted by Crippen LogP contribution is -2.47. The van der Waals surface area contributed by atoms with Gasteiger partial charge in [0.15, 0.2) is 0 Å². The average Bonchev–Trinajstić information content (AvgIpc) is 3.17. The summed E-state index contributed by atoms with van der Waals surface area (Å²) in [5, 5.41) is 0. The predicted octanol–water partition coefficient (Wildman–Crippen LogP) is 3.89. The van der Waals surface area contributed by atoms with E-state index in [1.807, 2.05) is 26.0 Å². The minimum atomic E-state index is 0.0444. The van der Waals surface area contributed by atoms with Crippen molar-refractivity contribution in [3.8, 4) is 0 Å². The Hall–Kier alpha value is -2.86. The Morgan fingerprint density at radius 3 is 2.61 bits per heavy atom. The number of hydrogen-bond acceptors (Lipinski definition) is 5. The Morgan fingerprint density at radius 2 is 1.93 bits per heavy atom. The lowest BCUT2D eigenvalue weighted by atomic mass is 10.1. The van der Waals surface area contributed by atoms with Crippen molar-refractivity contribution in [3.63, 3.8) is 0 Å². The molecule has 3 heterocycles. The molecule has 146 valence electrons. The fraction of sp³-hybridized carbons (Fsp3) is 0.364. The molecule has 4 rings (SSSR count). The molecule has 3 aromatic rings. The predicted molar refractivity (Wildman–Crippen MR) is 110 cm³/mol. The molecule has 6 heteroatoms. The third kappa shape index (κ3) is 3.24. The number of furan rings is 1. The van der Waals surface area contributed by atoms with Crippen LogP contribution in [0.15, 0.2) is 45.8 Å². The van der Waals surface area contributed by atoms with E-state index in [0.717, 1.165) is 22.7 Å². The topological polar surface area (TPSA) is 54.5 Å². The van der Waals surface area contributed by atoms with Gasteiger partial charge in [-0.2, -0.15) is 0 Å². The maximum absolute atomic E-state index is 13.2. The molecule has 1 aromatic carbocycles. The molecule has 1 aliphatic heterocycles. The molecule has 0 aliphatic carbocycles. The standard InChI is InChI=1S/C22H26N4O2/c1-5-20-17(4)23-22-25(18-9-8-15(2)16(3)11-18)13-24(14-26(22)21(20)27)12-19-7-6-10-28-19/h6-11H,5,12-14H2,1-4H3. The summed E-state index contributed by atoms with van der Waals surface area (Å²) in [4.78, 5) is 22.3. The molecule has 6 nitrogen and oxygen atoms in total. The van der Waals surface area contributed by atoms with Crippen LogP contribution in [-0.4, -0.2) is 21.1 Å². The third-order valence-electron chi connectivity index (χ3n) is 5.49. The summed E-state index contributed by atoms with van der Waals surface area (Å²) in [5.41, 5.74) is 5.14. The summed E-state index contributed by atoms with van der Waals surface area (Å²) >= 11 is 0. The molecule has 2 aromatic heterocycles. The van der Waals surface area contributed by atoms with Gasteiger partial charge in [0, 0.05) is 16.9 Å². The van der Waals surface area contributed by atoms with Crippen molar-refractivity contribution in [1.29, 1.82) is 0 Å². The Bertz CT molecular complexity index is 1050. The Labute approximate surface area is 165 Å². The second-order valence-electron chi connectivity index (χ2n) is 7.45. The molecule has 0 saturated carbocycles. The van der Waals surface area contributed by atoms with Crippen LogP contribution in [0.1, 0.15) is 35.1 Å². The Balaban J connectivity index is 1.82. The van der Waals surface area contributed by atoms with Crippen LogP contribution in [0, 0.1) is 20.8 Å². The minimum Gasteiger partial charge on any atom is -0.468 e. The molecule has 0 spiro atoms. The number of anilines is 2. The summed E-state index contributed by atoms with van der Waals surface area (Å²) in [7, 11) is 0. The molecule has 1 aliphatic rings. The van der Waals surface area contributed by atoms with Gasteiger partial charge in [-0.25, -0.2) is 4.98 Å². The van der Waals surface area contributed by atoms with Crippen LogP contribution in [0.4, 0.5) is 11.6 Å². The molecule has 0 saturated heterocycles. The highest BCUT2D eigenvalue weighted by atomic mass is 16.3. The summed E-state index contributed by atoms with van der Waals surface area (Å²) in [6.45, 7) is 9.91. The van der Waals surface area contributed by atoms with Gasteiger partial charge in [0.2, 0.25) is 5.95 Å². The highest BCUT2D eigenvalue weighted by Gasteiger charge is 2.28. The quantitative estimate of drug-likeness (QED) is 0.689. The monoisotopic (exact) mass is 378 g/mol. The van der Waals surface area contributed by atoms with Gasteiger partial charge in [-0.05, 0) is 62.6 Å². The fourth-order valence-electron chi connectivity index (χ4n) is 3.75. The summed E-state index contributed by atoms with van der Waals surface area (Å²) in [5.74, 6) is 1.59. The lowest BCUT2D eigenvalue weighted by molar-refractivity contribution is 0.176. The first-order chi connectivity index (χ1) is 13.5. The van der Waals surface area contributed by atoms with Crippen molar-refractivity contribution in [2.75, 3.05) is 11.6 Å². The zero-order valence-electron chi connectivity index (χ0n) is 16.9.